The number of hydrogen-bond donors (Lipinski definition) is 1. The van der Waals surface area contributed by atoms with E-state index < -0.39 is 20.6 Å². The second-order valence-electron chi connectivity index (χ2n) is 5.88. The van der Waals surface area contributed by atoms with Gasteiger partial charge in [-0.15, -0.1) is 0 Å². The first kappa shape index (κ1) is 16.2. The third kappa shape index (κ3) is 3.04. The normalized spacial score (nSPS) is 24.5. The molecule has 3 heterocycles. The van der Waals surface area contributed by atoms with Gasteiger partial charge in [-0.3, -0.25) is 10.1 Å². The van der Waals surface area contributed by atoms with Gasteiger partial charge in [0.2, 0.25) is 10.0 Å². The second kappa shape index (κ2) is 6.06. The number of nitro groups is 1. The molecule has 0 radical (unpaired) electrons. The zero-order valence-electron chi connectivity index (χ0n) is 12.9. The number of rotatable bonds is 4. The maximum Gasteiger partial charge on any atom is 0.289 e. The van der Waals surface area contributed by atoms with Crippen LogP contribution in [0.2, 0.25) is 0 Å². The minimum atomic E-state index is -3.89. The summed E-state index contributed by atoms with van der Waals surface area (Å²) in [5, 5.41) is 11.1. The summed E-state index contributed by atoms with van der Waals surface area (Å²) in [7, 11) is -2.63. The van der Waals surface area contributed by atoms with Crippen molar-refractivity contribution in [3.05, 3.63) is 28.3 Å². The van der Waals surface area contributed by atoms with Crippen LogP contribution in [-0.4, -0.2) is 57.5 Å². The number of nitro benzene ring substituents is 1. The molecule has 0 aliphatic carbocycles. The average Bonchev–Trinajstić information content (AvgIpc) is 2.88. The van der Waals surface area contributed by atoms with Crippen molar-refractivity contribution in [3.63, 3.8) is 0 Å². The van der Waals surface area contributed by atoms with E-state index in [9.17, 15) is 18.5 Å². The highest BCUT2D eigenvalue weighted by Gasteiger charge is 2.31. The fraction of sp³-hybridized carbons (Fsp3) is 0.571. The average molecular weight is 340 g/mol. The first-order chi connectivity index (χ1) is 10.9. The fourth-order valence-electron chi connectivity index (χ4n) is 3.38. The van der Waals surface area contributed by atoms with Gasteiger partial charge in [0.05, 0.1) is 4.92 Å². The molecule has 2 bridgehead atoms. The molecule has 3 aliphatic rings. The lowest BCUT2D eigenvalue weighted by Gasteiger charge is -2.33. The number of nitrogens with zero attached hydrogens (tertiary/aromatic N) is 3. The van der Waals surface area contributed by atoms with E-state index in [1.165, 1.54) is 19.2 Å². The molecule has 9 heteroatoms. The van der Waals surface area contributed by atoms with Gasteiger partial charge >= 0.3 is 0 Å². The van der Waals surface area contributed by atoms with E-state index in [2.05, 4.69) is 14.5 Å². The van der Waals surface area contributed by atoms with Crippen molar-refractivity contribution in [2.75, 3.05) is 38.1 Å². The molecule has 3 saturated heterocycles. The van der Waals surface area contributed by atoms with E-state index in [4.69, 9.17) is 0 Å². The number of sulfonamides is 1. The Morgan fingerprint density at radius 1 is 1.22 bits per heavy atom. The minimum absolute atomic E-state index is 0.276. The SMILES string of the molecule is CNS(=O)(=O)c1cc(N2CCN3CCC2CC3)ccc1[N+](=O)[O-]. The van der Waals surface area contributed by atoms with E-state index in [1.54, 1.807) is 6.07 Å². The Kier molecular flexibility index (Phi) is 4.26. The number of hydrogen-bond acceptors (Lipinski definition) is 6. The van der Waals surface area contributed by atoms with Gasteiger partial charge in [-0.2, -0.15) is 0 Å². The number of nitrogens with one attached hydrogen (secondary N) is 1. The van der Waals surface area contributed by atoms with Gasteiger partial charge in [0.1, 0.15) is 0 Å². The highest BCUT2D eigenvalue weighted by molar-refractivity contribution is 7.89. The summed E-state index contributed by atoms with van der Waals surface area (Å²) in [6.07, 6.45) is 2.07. The highest BCUT2D eigenvalue weighted by atomic mass is 32.2. The molecular formula is C14H20N4O4S. The van der Waals surface area contributed by atoms with Gasteiger partial charge in [-0.05, 0) is 32.0 Å². The summed E-state index contributed by atoms with van der Waals surface area (Å²) in [4.78, 5) is 14.8. The lowest BCUT2D eigenvalue weighted by molar-refractivity contribution is -0.387. The quantitative estimate of drug-likeness (QED) is 0.643. The standard InChI is InChI=1S/C14H20N4O4S/c1-15-23(21,22)14-10-12(2-3-13(14)18(19)20)17-9-8-16-6-4-11(17)5-7-16/h2-3,10-11,15H,4-9H2,1H3. The van der Waals surface area contributed by atoms with Crippen LogP contribution in [-0.2, 0) is 10.0 Å². The van der Waals surface area contributed by atoms with Crippen LogP contribution in [0.5, 0.6) is 0 Å². The summed E-state index contributed by atoms with van der Waals surface area (Å²) < 4.78 is 26.5. The molecule has 4 rings (SSSR count). The number of piperidine rings is 1. The molecule has 23 heavy (non-hydrogen) atoms. The van der Waals surface area contributed by atoms with Crippen molar-refractivity contribution in [3.8, 4) is 0 Å². The largest absolute Gasteiger partial charge is 0.367 e. The Morgan fingerprint density at radius 3 is 2.52 bits per heavy atom. The van der Waals surface area contributed by atoms with Crippen LogP contribution in [0, 0.1) is 10.1 Å². The Morgan fingerprint density at radius 2 is 1.91 bits per heavy atom. The third-order valence-electron chi connectivity index (χ3n) is 4.68. The van der Waals surface area contributed by atoms with Crippen molar-refractivity contribution in [2.24, 2.45) is 0 Å². The van der Waals surface area contributed by atoms with E-state index in [0.29, 0.717) is 6.04 Å². The van der Waals surface area contributed by atoms with Crippen LogP contribution >= 0.6 is 0 Å². The molecule has 3 fully saturated rings. The molecule has 0 atom stereocenters. The monoisotopic (exact) mass is 340 g/mol. The lowest BCUT2D eigenvalue weighted by atomic mass is 10.0. The Hall–Kier alpha value is -1.71. The summed E-state index contributed by atoms with van der Waals surface area (Å²) in [6, 6.07) is 4.73. The molecule has 0 saturated carbocycles. The first-order valence-electron chi connectivity index (χ1n) is 7.63. The van der Waals surface area contributed by atoms with Crippen LogP contribution in [0.15, 0.2) is 23.1 Å². The molecule has 126 valence electrons. The molecule has 0 spiro atoms. The Labute approximate surface area is 135 Å². The zero-order valence-corrected chi connectivity index (χ0v) is 13.8. The van der Waals surface area contributed by atoms with Crippen molar-refractivity contribution < 1.29 is 13.3 Å². The van der Waals surface area contributed by atoms with Gasteiger partial charge in [0.25, 0.3) is 5.69 Å². The van der Waals surface area contributed by atoms with Gasteiger partial charge in [0, 0.05) is 44.0 Å². The lowest BCUT2D eigenvalue weighted by Crippen LogP contribution is -2.38. The molecule has 8 nitrogen and oxygen atoms in total. The highest BCUT2D eigenvalue weighted by Crippen LogP contribution is 2.32. The van der Waals surface area contributed by atoms with Crippen molar-refractivity contribution in [2.45, 2.75) is 23.8 Å². The van der Waals surface area contributed by atoms with Crippen LogP contribution in [0.3, 0.4) is 0 Å². The van der Waals surface area contributed by atoms with Crippen molar-refractivity contribution in [1.29, 1.82) is 0 Å². The van der Waals surface area contributed by atoms with Crippen LogP contribution < -0.4 is 9.62 Å². The number of anilines is 1. The molecule has 0 aromatic heterocycles. The molecule has 1 aromatic rings. The van der Waals surface area contributed by atoms with E-state index in [-0.39, 0.29) is 4.90 Å². The summed E-state index contributed by atoms with van der Waals surface area (Å²) in [5.74, 6) is 0. The van der Waals surface area contributed by atoms with Crippen LogP contribution in [0.1, 0.15) is 12.8 Å². The van der Waals surface area contributed by atoms with Crippen molar-refractivity contribution in [1.82, 2.24) is 9.62 Å². The fourth-order valence-corrected chi connectivity index (χ4v) is 4.30. The van der Waals surface area contributed by atoms with Crippen LogP contribution in [0.4, 0.5) is 11.4 Å². The predicted molar refractivity (Wildman–Crippen MR) is 86.1 cm³/mol. The van der Waals surface area contributed by atoms with Gasteiger partial charge in [-0.25, -0.2) is 13.1 Å². The van der Waals surface area contributed by atoms with E-state index in [0.717, 1.165) is 44.7 Å². The van der Waals surface area contributed by atoms with E-state index >= 15 is 0 Å². The molecule has 0 unspecified atom stereocenters. The molecule has 1 aromatic carbocycles. The number of fused-ring (bicyclic) bond motifs is 4. The van der Waals surface area contributed by atoms with Crippen LogP contribution in [0.25, 0.3) is 0 Å². The summed E-state index contributed by atoms with van der Waals surface area (Å²) >= 11 is 0. The van der Waals surface area contributed by atoms with Gasteiger partial charge < -0.3 is 9.80 Å². The Bertz CT molecular complexity index is 713. The second-order valence-corrected chi connectivity index (χ2v) is 7.74. The Balaban J connectivity index is 2.04. The maximum atomic E-state index is 12.1. The maximum absolute atomic E-state index is 12.1. The predicted octanol–water partition coefficient (Wildman–Crippen LogP) is 0.787. The first-order valence-corrected chi connectivity index (χ1v) is 9.11. The molecule has 0 amide bonds. The van der Waals surface area contributed by atoms with Gasteiger partial charge in [0.15, 0.2) is 4.90 Å². The summed E-state index contributed by atoms with van der Waals surface area (Å²) in [5.41, 5.74) is 0.337. The minimum Gasteiger partial charge on any atom is -0.367 e. The smallest absolute Gasteiger partial charge is 0.289 e. The number of benzene rings is 1. The molecule has 1 N–H and O–H groups in total. The third-order valence-corrected chi connectivity index (χ3v) is 6.13. The van der Waals surface area contributed by atoms with E-state index in [1.807, 2.05) is 0 Å². The summed E-state index contributed by atoms with van der Waals surface area (Å²) in [6.45, 7) is 3.84. The zero-order chi connectivity index (χ0) is 16.6. The molecular weight excluding hydrogens is 320 g/mol. The molecule has 3 aliphatic heterocycles. The van der Waals surface area contributed by atoms with Crippen molar-refractivity contribution >= 4 is 21.4 Å². The van der Waals surface area contributed by atoms with Gasteiger partial charge in [-0.1, -0.05) is 0 Å². The topological polar surface area (TPSA) is 95.8 Å².